The summed E-state index contributed by atoms with van der Waals surface area (Å²) in [6, 6.07) is 4.02. The molecule has 0 bridgehead atoms. The van der Waals surface area contributed by atoms with Gasteiger partial charge in [-0.15, -0.1) is 0 Å². The van der Waals surface area contributed by atoms with Crippen molar-refractivity contribution in [2.24, 2.45) is 4.99 Å². The normalized spacial score (nSPS) is 21.9. The highest BCUT2D eigenvalue weighted by Gasteiger charge is 2.39. The summed E-state index contributed by atoms with van der Waals surface area (Å²) in [6.45, 7) is 4.11. The number of halogens is 1. The fourth-order valence-electron chi connectivity index (χ4n) is 3.45. The van der Waals surface area contributed by atoms with Crippen LogP contribution in [-0.4, -0.2) is 11.7 Å². The average molecular weight is 292 g/mol. The highest BCUT2D eigenvalue weighted by molar-refractivity contribution is 6.32. The van der Waals surface area contributed by atoms with Crippen LogP contribution in [0.25, 0.3) is 0 Å². The lowest BCUT2D eigenvalue weighted by molar-refractivity contribution is 0.138. The van der Waals surface area contributed by atoms with Crippen LogP contribution in [0.1, 0.15) is 50.7 Å². The van der Waals surface area contributed by atoms with Crippen LogP contribution >= 0.6 is 11.6 Å². The van der Waals surface area contributed by atoms with E-state index in [0.29, 0.717) is 5.02 Å². The molecule has 1 aromatic rings. The molecule has 0 N–H and O–H groups in total. The summed E-state index contributed by atoms with van der Waals surface area (Å²) in [7, 11) is 0. The number of fused-ring (bicyclic) bond motifs is 1. The summed E-state index contributed by atoms with van der Waals surface area (Å²) in [5, 5.41) is 0.621. The maximum atomic E-state index is 10.8. The zero-order chi connectivity index (χ0) is 14.4. The zero-order valence-corrected chi connectivity index (χ0v) is 12.6. The Hall–Kier alpha value is -1.31. The zero-order valence-electron chi connectivity index (χ0n) is 11.8. The van der Waals surface area contributed by atoms with Crippen molar-refractivity contribution in [3.63, 3.8) is 0 Å². The average Bonchev–Trinajstić information content (AvgIpc) is 2.94. The molecule has 1 saturated carbocycles. The number of benzene rings is 1. The Morgan fingerprint density at radius 1 is 1.30 bits per heavy atom. The number of carbonyl (C=O) groups excluding carboxylic acids is 1. The molecule has 3 nitrogen and oxygen atoms in total. The molecule has 20 heavy (non-hydrogen) atoms. The number of hydrogen-bond donors (Lipinski definition) is 0. The van der Waals surface area contributed by atoms with E-state index in [2.05, 4.69) is 24.9 Å². The van der Waals surface area contributed by atoms with Crippen LogP contribution in [0.15, 0.2) is 17.1 Å². The Morgan fingerprint density at radius 3 is 2.65 bits per heavy atom. The van der Waals surface area contributed by atoms with Crippen LogP contribution in [0, 0.1) is 0 Å². The molecule has 0 spiro atoms. The summed E-state index contributed by atoms with van der Waals surface area (Å²) in [5.41, 5.74) is 1.50. The first-order chi connectivity index (χ1) is 9.46. The Morgan fingerprint density at radius 2 is 2.00 bits per heavy atom. The molecule has 0 amide bonds. The number of isocyanates is 1. The minimum absolute atomic E-state index is 0.221. The van der Waals surface area contributed by atoms with Gasteiger partial charge in [0, 0.05) is 12.0 Å². The van der Waals surface area contributed by atoms with Gasteiger partial charge < -0.3 is 4.74 Å². The van der Waals surface area contributed by atoms with E-state index in [1.165, 1.54) is 0 Å². The van der Waals surface area contributed by atoms with Crippen molar-refractivity contribution in [1.29, 1.82) is 0 Å². The van der Waals surface area contributed by atoms with Gasteiger partial charge in [-0.1, -0.05) is 24.4 Å². The Balaban J connectivity index is 2.09. The van der Waals surface area contributed by atoms with Gasteiger partial charge in [0.1, 0.15) is 11.4 Å². The molecule has 0 saturated heterocycles. The van der Waals surface area contributed by atoms with Crippen LogP contribution in [-0.2, 0) is 16.8 Å². The summed E-state index contributed by atoms with van der Waals surface area (Å²) < 4.78 is 5.90. The first-order valence-electron chi connectivity index (χ1n) is 7.07. The number of aliphatic imine (C=N–C) groups is 1. The van der Waals surface area contributed by atoms with Gasteiger partial charge >= 0.3 is 0 Å². The van der Waals surface area contributed by atoms with E-state index < -0.39 is 5.54 Å². The Bertz CT molecular complexity index is 597. The number of hydrogen-bond acceptors (Lipinski definition) is 3. The summed E-state index contributed by atoms with van der Waals surface area (Å²) in [5.74, 6) is 0.781. The topological polar surface area (TPSA) is 38.7 Å². The van der Waals surface area contributed by atoms with Crippen molar-refractivity contribution in [2.75, 3.05) is 0 Å². The fraction of sp³-hybridized carbons (Fsp3) is 0.562. The highest BCUT2D eigenvalue weighted by Crippen LogP contribution is 2.47. The summed E-state index contributed by atoms with van der Waals surface area (Å²) >= 11 is 6.38. The smallest absolute Gasteiger partial charge is 0.235 e. The monoisotopic (exact) mass is 291 g/mol. The minimum Gasteiger partial charge on any atom is -0.486 e. The molecule has 1 aliphatic heterocycles. The second kappa shape index (κ2) is 4.61. The lowest BCUT2D eigenvalue weighted by Gasteiger charge is -2.23. The molecular formula is C16H18ClNO2. The van der Waals surface area contributed by atoms with E-state index in [1.807, 2.05) is 6.07 Å². The number of rotatable bonds is 2. The van der Waals surface area contributed by atoms with Gasteiger partial charge in [-0.3, -0.25) is 0 Å². The SMILES string of the molecule is CC1(C)Cc2cc(C3(N=C=O)CCCC3)cc(Cl)c2O1. The van der Waals surface area contributed by atoms with Gasteiger partial charge in [-0.05, 0) is 44.4 Å². The lowest BCUT2D eigenvalue weighted by Crippen LogP contribution is -2.24. The fourth-order valence-corrected chi connectivity index (χ4v) is 3.73. The van der Waals surface area contributed by atoms with Crippen molar-refractivity contribution in [2.45, 2.75) is 57.1 Å². The van der Waals surface area contributed by atoms with E-state index in [9.17, 15) is 4.79 Å². The van der Waals surface area contributed by atoms with Gasteiger partial charge in [0.2, 0.25) is 6.08 Å². The molecular weight excluding hydrogens is 274 g/mol. The van der Waals surface area contributed by atoms with E-state index >= 15 is 0 Å². The van der Waals surface area contributed by atoms with Crippen molar-refractivity contribution >= 4 is 17.7 Å². The van der Waals surface area contributed by atoms with Crippen LogP contribution in [0.2, 0.25) is 5.02 Å². The van der Waals surface area contributed by atoms with Crippen molar-refractivity contribution in [1.82, 2.24) is 0 Å². The van der Waals surface area contributed by atoms with Crippen LogP contribution in [0.3, 0.4) is 0 Å². The molecule has 4 heteroatoms. The predicted octanol–water partition coefficient (Wildman–Crippen LogP) is 4.16. The Kier molecular flexibility index (Phi) is 3.15. The molecule has 1 aliphatic carbocycles. The molecule has 3 rings (SSSR count). The van der Waals surface area contributed by atoms with E-state index in [1.54, 1.807) is 6.08 Å². The number of ether oxygens (including phenoxy) is 1. The van der Waals surface area contributed by atoms with Crippen molar-refractivity contribution < 1.29 is 9.53 Å². The molecule has 0 radical (unpaired) electrons. The quantitative estimate of drug-likeness (QED) is 0.606. The predicted molar refractivity (Wildman–Crippen MR) is 78.1 cm³/mol. The standard InChI is InChI=1S/C16H18ClNO2/c1-15(2)9-11-7-12(8-13(17)14(11)20-15)16(18-10-19)5-3-4-6-16/h7-8H,3-6,9H2,1-2H3. The molecule has 0 atom stereocenters. The Labute approximate surface area is 124 Å². The summed E-state index contributed by atoms with van der Waals surface area (Å²) in [4.78, 5) is 14.9. The number of nitrogens with zero attached hydrogens (tertiary/aromatic N) is 1. The minimum atomic E-state index is -0.423. The lowest BCUT2D eigenvalue weighted by atomic mass is 9.87. The molecule has 106 valence electrons. The summed E-state index contributed by atoms with van der Waals surface area (Å²) in [6.07, 6.45) is 6.53. The molecule has 1 aromatic carbocycles. The van der Waals surface area contributed by atoms with E-state index in [4.69, 9.17) is 16.3 Å². The van der Waals surface area contributed by atoms with Crippen molar-refractivity contribution in [3.8, 4) is 5.75 Å². The van der Waals surface area contributed by atoms with Gasteiger partial charge in [0.15, 0.2) is 0 Å². The van der Waals surface area contributed by atoms with Gasteiger partial charge in [-0.25, -0.2) is 4.79 Å². The van der Waals surface area contributed by atoms with Crippen LogP contribution in [0.4, 0.5) is 0 Å². The first kappa shape index (κ1) is 13.7. The molecule has 2 aliphatic rings. The van der Waals surface area contributed by atoms with Gasteiger partial charge in [0.05, 0.1) is 10.6 Å². The largest absolute Gasteiger partial charge is 0.486 e. The van der Waals surface area contributed by atoms with Crippen molar-refractivity contribution in [3.05, 3.63) is 28.3 Å². The molecule has 1 heterocycles. The first-order valence-corrected chi connectivity index (χ1v) is 7.45. The molecule has 1 fully saturated rings. The van der Waals surface area contributed by atoms with E-state index in [0.717, 1.165) is 49.0 Å². The van der Waals surface area contributed by atoms with E-state index in [-0.39, 0.29) is 5.60 Å². The second-order valence-electron chi connectivity index (χ2n) is 6.43. The highest BCUT2D eigenvalue weighted by atomic mass is 35.5. The maximum absolute atomic E-state index is 10.8. The van der Waals surface area contributed by atoms with Crippen LogP contribution in [0.5, 0.6) is 5.75 Å². The molecule has 0 unspecified atom stereocenters. The van der Waals surface area contributed by atoms with Gasteiger partial charge in [0.25, 0.3) is 0 Å². The maximum Gasteiger partial charge on any atom is 0.235 e. The van der Waals surface area contributed by atoms with Gasteiger partial charge in [-0.2, -0.15) is 4.99 Å². The third-order valence-electron chi connectivity index (χ3n) is 4.34. The third-order valence-corrected chi connectivity index (χ3v) is 4.62. The van der Waals surface area contributed by atoms with Crippen LogP contribution < -0.4 is 4.74 Å². The third kappa shape index (κ3) is 2.15. The second-order valence-corrected chi connectivity index (χ2v) is 6.83. The molecule has 0 aromatic heterocycles.